The van der Waals surface area contributed by atoms with Gasteiger partial charge in [-0.1, -0.05) is 152 Å². The number of fused-ring (bicyclic) bond motifs is 10. The van der Waals surface area contributed by atoms with Crippen LogP contribution in [0.25, 0.3) is 98.2 Å². The van der Waals surface area contributed by atoms with Crippen molar-refractivity contribution in [3.63, 3.8) is 0 Å². The number of rotatable bonds is 5. The summed E-state index contributed by atoms with van der Waals surface area (Å²) in [5, 5.41) is 6.93. The van der Waals surface area contributed by atoms with Crippen LogP contribution in [-0.2, 0) is 0 Å². The fraction of sp³-hybridized carbons (Fsp3) is 0.0364. The molecule has 11 aromatic rings. The summed E-state index contributed by atoms with van der Waals surface area (Å²) in [6.07, 6.45) is 9.00. The van der Waals surface area contributed by atoms with Crippen molar-refractivity contribution in [2.24, 2.45) is 0 Å². The van der Waals surface area contributed by atoms with Crippen LogP contribution in [0, 0.1) is 0 Å². The second kappa shape index (κ2) is 13.4. The van der Waals surface area contributed by atoms with E-state index in [1.54, 1.807) is 11.3 Å². The summed E-state index contributed by atoms with van der Waals surface area (Å²) in [5.74, 6) is 1.95. The molecule has 2 atom stereocenters. The summed E-state index contributed by atoms with van der Waals surface area (Å²) in [7, 11) is 0. The number of thiophene rings is 1. The van der Waals surface area contributed by atoms with Crippen molar-refractivity contribution in [2.45, 2.75) is 12.0 Å². The Hall–Kier alpha value is -7.67. The highest BCUT2D eigenvalue weighted by molar-refractivity contribution is 7.26. The van der Waals surface area contributed by atoms with Gasteiger partial charge in [-0.15, -0.1) is 11.3 Å². The van der Waals surface area contributed by atoms with Crippen LogP contribution in [0.5, 0.6) is 0 Å². The van der Waals surface area contributed by atoms with Crippen molar-refractivity contribution in [1.82, 2.24) is 15.0 Å². The molecule has 5 nitrogen and oxygen atoms in total. The van der Waals surface area contributed by atoms with Crippen molar-refractivity contribution >= 4 is 75.6 Å². The number of furan rings is 1. The Morgan fingerprint density at radius 1 is 0.492 bits per heavy atom. The van der Waals surface area contributed by atoms with Gasteiger partial charge in [0, 0.05) is 53.7 Å². The predicted octanol–water partition coefficient (Wildman–Crippen LogP) is 14.7. The SMILES string of the molecule is C1=CC2c3cc4ccccc4cc3N(c3ccc4c(oc5ccccc54)c3-c3nc(-c4ccc(-c5ccccc5)cc4)nc(-c4cccc5c4sc4ccccc45)n3)C2C=C1. The number of nitrogens with zero attached hydrogens (tertiary/aromatic N) is 4. The highest BCUT2D eigenvalue weighted by Gasteiger charge is 2.40. The fourth-order valence-electron chi connectivity index (χ4n) is 9.60. The Morgan fingerprint density at radius 3 is 2.07 bits per heavy atom. The Balaban J connectivity index is 1.10. The van der Waals surface area contributed by atoms with Crippen LogP contribution in [0.3, 0.4) is 0 Å². The molecule has 0 fully saturated rings. The maximum absolute atomic E-state index is 6.94. The van der Waals surface area contributed by atoms with E-state index in [0.29, 0.717) is 17.5 Å². The summed E-state index contributed by atoms with van der Waals surface area (Å²) >= 11 is 1.78. The third-order valence-electron chi connectivity index (χ3n) is 12.5. The van der Waals surface area contributed by atoms with Crippen LogP contribution in [0.4, 0.5) is 11.4 Å². The van der Waals surface area contributed by atoms with Crippen molar-refractivity contribution in [3.8, 4) is 45.3 Å². The van der Waals surface area contributed by atoms with Crippen molar-refractivity contribution in [2.75, 3.05) is 4.90 Å². The second-order valence-electron chi connectivity index (χ2n) is 15.9. The molecule has 0 spiro atoms. The van der Waals surface area contributed by atoms with E-state index in [0.717, 1.165) is 60.1 Å². The third-order valence-corrected chi connectivity index (χ3v) is 13.7. The summed E-state index contributed by atoms with van der Waals surface area (Å²) in [6, 6.07) is 60.2. The predicted molar refractivity (Wildman–Crippen MR) is 253 cm³/mol. The largest absolute Gasteiger partial charge is 0.455 e. The average Bonchev–Trinajstić information content (AvgIpc) is 4.00. The molecule has 286 valence electrons. The van der Waals surface area contributed by atoms with Crippen LogP contribution in [0.1, 0.15) is 11.5 Å². The summed E-state index contributed by atoms with van der Waals surface area (Å²) < 4.78 is 9.32. The number of anilines is 2. The first-order valence-corrected chi connectivity index (χ1v) is 21.5. The Morgan fingerprint density at radius 2 is 1.18 bits per heavy atom. The molecule has 2 aliphatic rings. The Kier molecular flexibility index (Phi) is 7.53. The molecule has 0 amide bonds. The molecule has 4 heterocycles. The molecule has 0 bridgehead atoms. The molecule has 61 heavy (non-hydrogen) atoms. The summed E-state index contributed by atoms with van der Waals surface area (Å²) in [6.45, 7) is 0. The fourth-order valence-corrected chi connectivity index (χ4v) is 10.8. The first kappa shape index (κ1) is 34.2. The van der Waals surface area contributed by atoms with Gasteiger partial charge in [-0.25, -0.2) is 15.0 Å². The zero-order chi connectivity index (χ0) is 40.0. The quantitative estimate of drug-likeness (QED) is 0.174. The molecule has 6 heteroatoms. The average molecular weight is 799 g/mol. The highest BCUT2D eigenvalue weighted by atomic mass is 32.1. The van der Waals surface area contributed by atoms with Gasteiger partial charge < -0.3 is 9.32 Å². The molecule has 13 rings (SSSR count). The zero-order valence-corrected chi connectivity index (χ0v) is 33.6. The normalized spacial score (nSPS) is 15.7. The van der Waals surface area contributed by atoms with E-state index in [9.17, 15) is 0 Å². The van der Waals surface area contributed by atoms with Gasteiger partial charge in [-0.3, -0.25) is 0 Å². The monoisotopic (exact) mass is 798 g/mol. The van der Waals surface area contributed by atoms with Gasteiger partial charge in [-0.2, -0.15) is 0 Å². The number of para-hydroxylation sites is 1. The van der Waals surface area contributed by atoms with Crippen LogP contribution in [0.2, 0.25) is 0 Å². The first-order valence-electron chi connectivity index (χ1n) is 20.7. The topological polar surface area (TPSA) is 55.1 Å². The number of allylic oxidation sites excluding steroid dienone is 2. The van der Waals surface area contributed by atoms with E-state index in [-0.39, 0.29) is 12.0 Å². The van der Waals surface area contributed by atoms with Crippen LogP contribution in [0.15, 0.2) is 199 Å². The van der Waals surface area contributed by atoms with E-state index in [1.165, 1.54) is 37.5 Å². The lowest BCUT2D eigenvalue weighted by Gasteiger charge is -2.30. The summed E-state index contributed by atoms with van der Waals surface area (Å²) in [5.41, 5.74) is 10.0. The lowest BCUT2D eigenvalue weighted by atomic mass is 9.90. The molecule has 0 saturated carbocycles. The van der Waals surface area contributed by atoms with Crippen LogP contribution in [-0.4, -0.2) is 21.0 Å². The molecule has 2 unspecified atom stereocenters. The maximum Gasteiger partial charge on any atom is 0.169 e. The molecule has 3 aromatic heterocycles. The highest BCUT2D eigenvalue weighted by Crippen LogP contribution is 2.53. The minimum Gasteiger partial charge on any atom is -0.455 e. The van der Waals surface area contributed by atoms with E-state index in [4.69, 9.17) is 19.4 Å². The second-order valence-corrected chi connectivity index (χ2v) is 16.9. The summed E-state index contributed by atoms with van der Waals surface area (Å²) in [4.78, 5) is 18.8. The van der Waals surface area contributed by atoms with E-state index < -0.39 is 0 Å². The van der Waals surface area contributed by atoms with Gasteiger partial charge in [0.2, 0.25) is 0 Å². The molecule has 0 radical (unpaired) electrons. The van der Waals surface area contributed by atoms with Gasteiger partial charge in [0.25, 0.3) is 0 Å². The maximum atomic E-state index is 6.94. The molecular formula is C55H34N4OS. The van der Waals surface area contributed by atoms with E-state index in [2.05, 4.69) is 181 Å². The molecule has 8 aromatic carbocycles. The van der Waals surface area contributed by atoms with Crippen LogP contribution < -0.4 is 4.90 Å². The standard InChI is InChI=1S/C55H34N4OS/c1-2-13-33(14-3-1)34-25-27-35(28-26-34)53-56-54(43-21-12-20-42-40-19-8-11-24-49(40)61-52(42)43)58-55(57-53)50-46(30-29-41-39-18-7-10-23-48(39)60-51(41)50)59-45-22-9-6-17-38(45)44-31-36-15-4-5-16-37(36)32-47(44)59/h1-32,38,45H. The lowest BCUT2D eigenvalue weighted by Crippen LogP contribution is -2.29. The number of aromatic nitrogens is 3. The van der Waals surface area contributed by atoms with Gasteiger partial charge in [0.15, 0.2) is 17.5 Å². The van der Waals surface area contributed by atoms with E-state index >= 15 is 0 Å². The Labute approximate surface area is 355 Å². The smallest absolute Gasteiger partial charge is 0.169 e. The Bertz CT molecular complexity index is 3620. The van der Waals surface area contributed by atoms with Crippen LogP contribution >= 0.6 is 11.3 Å². The van der Waals surface area contributed by atoms with Gasteiger partial charge in [-0.05, 0) is 69.9 Å². The number of hydrogen-bond donors (Lipinski definition) is 0. The molecular weight excluding hydrogens is 765 g/mol. The molecule has 0 saturated heterocycles. The van der Waals surface area contributed by atoms with Gasteiger partial charge >= 0.3 is 0 Å². The van der Waals surface area contributed by atoms with E-state index in [1.807, 2.05) is 18.2 Å². The first-order chi connectivity index (χ1) is 30.2. The zero-order valence-electron chi connectivity index (χ0n) is 32.7. The number of benzene rings is 8. The van der Waals surface area contributed by atoms with Gasteiger partial charge in [0.1, 0.15) is 11.2 Å². The van der Waals surface area contributed by atoms with Crippen molar-refractivity contribution in [1.29, 1.82) is 0 Å². The van der Waals surface area contributed by atoms with Crippen molar-refractivity contribution < 1.29 is 4.42 Å². The third kappa shape index (κ3) is 5.36. The van der Waals surface area contributed by atoms with Gasteiger partial charge in [0.05, 0.1) is 17.3 Å². The van der Waals surface area contributed by atoms with Crippen molar-refractivity contribution in [3.05, 3.63) is 200 Å². The lowest BCUT2D eigenvalue weighted by molar-refractivity contribution is 0.669. The molecule has 1 aliphatic heterocycles. The molecule has 0 N–H and O–H groups in total. The number of hydrogen-bond acceptors (Lipinski definition) is 6. The minimum atomic E-state index is 0.0380. The minimum absolute atomic E-state index is 0.0380. The molecule has 1 aliphatic carbocycles.